The Balaban J connectivity index is 2.49. The lowest BCUT2D eigenvalue weighted by Crippen LogP contribution is -2.43. The van der Waals surface area contributed by atoms with Gasteiger partial charge in [0.05, 0.1) is 4.34 Å². The van der Waals surface area contributed by atoms with E-state index in [1.54, 1.807) is 0 Å². The van der Waals surface area contributed by atoms with Crippen LogP contribution in [0.5, 0.6) is 0 Å². The van der Waals surface area contributed by atoms with Crippen LogP contribution in [-0.4, -0.2) is 24.3 Å². The molecule has 0 saturated heterocycles. The molecule has 1 aromatic rings. The number of hydrogen-bond acceptors (Lipinski definition) is 4. The maximum atomic E-state index is 11.7. The highest BCUT2D eigenvalue weighted by atomic mass is 35.5. The number of halogens is 1. The Hall–Kier alpha value is -0.780. The van der Waals surface area contributed by atoms with E-state index in [2.05, 4.69) is 29.9 Å². The Morgan fingerprint density at radius 3 is 2.64 bits per heavy atom. The van der Waals surface area contributed by atoms with Gasteiger partial charge in [-0.25, -0.2) is 4.79 Å². The predicted octanol–water partition coefficient (Wildman–Crippen LogP) is 4.75. The smallest absolute Gasteiger partial charge is 0.407 e. The quantitative estimate of drug-likeness (QED) is 0.749. The lowest BCUT2D eigenvalue weighted by atomic mass is 10.1. The average Bonchev–Trinajstić information content (AvgIpc) is 2.81. The third-order valence-corrected chi connectivity index (χ3v) is 4.21. The summed E-state index contributed by atoms with van der Waals surface area (Å²) in [5, 5.41) is 8.44. The van der Waals surface area contributed by atoms with Crippen molar-refractivity contribution in [3.05, 3.63) is 21.3 Å². The van der Waals surface area contributed by atoms with Crippen molar-refractivity contribution >= 4 is 29.0 Å². The molecule has 2 atom stereocenters. The van der Waals surface area contributed by atoms with E-state index in [0.29, 0.717) is 6.54 Å². The zero-order valence-electron chi connectivity index (χ0n) is 14.0. The summed E-state index contributed by atoms with van der Waals surface area (Å²) in [5.74, 6) is 0. The number of ether oxygens (including phenoxy) is 1. The van der Waals surface area contributed by atoms with Crippen LogP contribution in [0.15, 0.2) is 11.4 Å². The molecular weight excluding hydrogens is 320 g/mol. The summed E-state index contributed by atoms with van der Waals surface area (Å²) in [6.07, 6.45) is 1.66. The van der Waals surface area contributed by atoms with Crippen molar-refractivity contribution < 1.29 is 9.53 Å². The molecule has 0 aliphatic carbocycles. The van der Waals surface area contributed by atoms with Gasteiger partial charge in [0.2, 0.25) is 0 Å². The second-order valence-corrected chi connectivity index (χ2v) is 7.98. The lowest BCUT2D eigenvalue weighted by Gasteiger charge is -2.25. The summed E-state index contributed by atoms with van der Waals surface area (Å²) in [5.41, 5.74) is 0.701. The number of rotatable bonds is 7. The average molecular weight is 347 g/mol. The fraction of sp³-hybridized carbons (Fsp3) is 0.688. The number of alkyl carbamates (subject to hydrolysis) is 1. The Labute approximate surface area is 142 Å². The van der Waals surface area contributed by atoms with E-state index in [-0.39, 0.29) is 18.2 Å². The second kappa shape index (κ2) is 8.75. The van der Waals surface area contributed by atoms with E-state index in [1.165, 1.54) is 16.9 Å². The topological polar surface area (TPSA) is 50.4 Å². The van der Waals surface area contributed by atoms with E-state index < -0.39 is 5.60 Å². The van der Waals surface area contributed by atoms with E-state index in [1.807, 2.05) is 26.8 Å². The maximum absolute atomic E-state index is 11.7. The number of nitrogens with one attached hydrogen (secondary N) is 2. The van der Waals surface area contributed by atoms with Gasteiger partial charge in [-0.2, -0.15) is 0 Å². The van der Waals surface area contributed by atoms with Crippen LogP contribution in [0, 0.1) is 0 Å². The molecule has 0 bridgehead atoms. The minimum Gasteiger partial charge on any atom is -0.444 e. The molecule has 6 heteroatoms. The molecule has 0 aliphatic rings. The predicted molar refractivity (Wildman–Crippen MR) is 93.8 cm³/mol. The van der Waals surface area contributed by atoms with Gasteiger partial charge in [0.1, 0.15) is 5.60 Å². The largest absolute Gasteiger partial charge is 0.444 e. The third-order valence-electron chi connectivity index (χ3n) is 3.10. The van der Waals surface area contributed by atoms with Crippen LogP contribution in [-0.2, 0) is 4.74 Å². The van der Waals surface area contributed by atoms with Crippen LogP contribution >= 0.6 is 22.9 Å². The second-order valence-electron chi connectivity index (χ2n) is 6.44. The third kappa shape index (κ3) is 7.47. The molecule has 22 heavy (non-hydrogen) atoms. The van der Waals surface area contributed by atoms with Gasteiger partial charge < -0.3 is 15.4 Å². The van der Waals surface area contributed by atoms with Crippen molar-refractivity contribution in [2.45, 2.75) is 65.1 Å². The molecule has 1 amide bonds. The highest BCUT2D eigenvalue weighted by Gasteiger charge is 2.18. The van der Waals surface area contributed by atoms with Crippen molar-refractivity contribution in [3.63, 3.8) is 0 Å². The van der Waals surface area contributed by atoms with E-state index in [0.717, 1.165) is 17.2 Å². The van der Waals surface area contributed by atoms with Crippen molar-refractivity contribution in [1.82, 2.24) is 10.6 Å². The molecule has 0 spiro atoms. The molecule has 0 aliphatic heterocycles. The summed E-state index contributed by atoms with van der Waals surface area (Å²) in [7, 11) is 0. The SMILES string of the molecule is CCCC(CNC(=O)OC(C)(C)C)NC(C)c1csc(Cl)c1. The molecule has 0 fully saturated rings. The van der Waals surface area contributed by atoms with E-state index >= 15 is 0 Å². The Morgan fingerprint density at radius 2 is 2.14 bits per heavy atom. The monoisotopic (exact) mass is 346 g/mol. The Morgan fingerprint density at radius 1 is 1.45 bits per heavy atom. The molecule has 126 valence electrons. The number of hydrogen-bond donors (Lipinski definition) is 2. The van der Waals surface area contributed by atoms with Gasteiger partial charge in [-0.3, -0.25) is 0 Å². The summed E-state index contributed by atoms with van der Waals surface area (Å²) in [6.45, 7) is 10.4. The summed E-state index contributed by atoms with van der Waals surface area (Å²) >= 11 is 7.52. The lowest BCUT2D eigenvalue weighted by molar-refractivity contribution is 0.0521. The number of carbonyl (C=O) groups is 1. The first kappa shape index (κ1) is 19.3. The molecule has 1 aromatic heterocycles. The molecule has 0 aromatic carbocycles. The van der Waals surface area contributed by atoms with E-state index in [4.69, 9.17) is 16.3 Å². The summed E-state index contributed by atoms with van der Waals surface area (Å²) < 4.78 is 6.06. The standard InChI is InChI=1S/C16H27ClN2O2S/c1-6-7-13(9-18-15(20)21-16(3,4)5)19-11(2)12-8-14(17)22-10-12/h8,10-11,13,19H,6-7,9H2,1-5H3,(H,18,20). The van der Waals surface area contributed by atoms with Crippen LogP contribution < -0.4 is 10.6 Å². The van der Waals surface area contributed by atoms with Crippen LogP contribution in [0.1, 0.15) is 59.1 Å². The Bertz CT molecular complexity index is 471. The normalized spacial score (nSPS) is 14.5. The van der Waals surface area contributed by atoms with Crippen LogP contribution in [0.3, 0.4) is 0 Å². The highest BCUT2D eigenvalue weighted by molar-refractivity contribution is 7.14. The van der Waals surface area contributed by atoms with Gasteiger partial charge in [-0.1, -0.05) is 24.9 Å². The number of carbonyl (C=O) groups excluding carboxylic acids is 1. The molecular formula is C16H27ClN2O2S. The zero-order valence-corrected chi connectivity index (χ0v) is 15.6. The summed E-state index contributed by atoms with van der Waals surface area (Å²) in [4.78, 5) is 11.7. The molecule has 0 saturated carbocycles. The zero-order chi connectivity index (χ0) is 16.8. The van der Waals surface area contributed by atoms with Crippen LogP contribution in [0.4, 0.5) is 4.79 Å². The first-order chi connectivity index (χ1) is 10.2. The van der Waals surface area contributed by atoms with Crippen molar-refractivity contribution in [1.29, 1.82) is 0 Å². The fourth-order valence-corrected chi connectivity index (χ4v) is 3.10. The molecule has 1 heterocycles. The van der Waals surface area contributed by atoms with Gasteiger partial charge in [-0.05, 0) is 51.1 Å². The van der Waals surface area contributed by atoms with Gasteiger partial charge in [-0.15, -0.1) is 11.3 Å². The maximum Gasteiger partial charge on any atom is 0.407 e. The first-order valence-electron chi connectivity index (χ1n) is 7.68. The fourth-order valence-electron chi connectivity index (χ4n) is 2.11. The van der Waals surface area contributed by atoms with Crippen molar-refractivity contribution in [2.24, 2.45) is 0 Å². The van der Waals surface area contributed by atoms with Crippen molar-refractivity contribution in [2.75, 3.05) is 6.54 Å². The number of amides is 1. The number of thiophene rings is 1. The molecule has 2 unspecified atom stereocenters. The Kier molecular flexibility index (Phi) is 7.66. The van der Waals surface area contributed by atoms with Crippen LogP contribution in [0.2, 0.25) is 4.34 Å². The molecule has 4 nitrogen and oxygen atoms in total. The van der Waals surface area contributed by atoms with Gasteiger partial charge in [0.15, 0.2) is 0 Å². The van der Waals surface area contributed by atoms with Gasteiger partial charge >= 0.3 is 6.09 Å². The minimum absolute atomic E-state index is 0.195. The first-order valence-corrected chi connectivity index (χ1v) is 8.94. The highest BCUT2D eigenvalue weighted by Crippen LogP contribution is 2.25. The molecule has 2 N–H and O–H groups in total. The van der Waals surface area contributed by atoms with Crippen LogP contribution in [0.25, 0.3) is 0 Å². The van der Waals surface area contributed by atoms with Crippen molar-refractivity contribution in [3.8, 4) is 0 Å². The van der Waals surface area contributed by atoms with E-state index in [9.17, 15) is 4.79 Å². The minimum atomic E-state index is -0.474. The molecule has 1 rings (SSSR count). The van der Waals surface area contributed by atoms with Gasteiger partial charge in [0, 0.05) is 18.6 Å². The van der Waals surface area contributed by atoms with Gasteiger partial charge in [0.25, 0.3) is 0 Å². The summed E-state index contributed by atoms with van der Waals surface area (Å²) in [6, 6.07) is 2.38. The molecule has 0 radical (unpaired) electrons.